The molecule has 108 valence electrons. The standard InChI is InChI=1S/C16H26O3/c1-2-3-4-5-6-7-8-9-10-14(17)13-15-11-12-16(18)19-15/h11-14,17H,2-10H2,1H3/t14-/m0/s1. The lowest BCUT2D eigenvalue weighted by Crippen LogP contribution is -2.04. The Morgan fingerprint density at radius 3 is 2.32 bits per heavy atom. The van der Waals surface area contributed by atoms with Gasteiger partial charge in [0.1, 0.15) is 5.76 Å². The van der Waals surface area contributed by atoms with Crippen LogP contribution in [0.1, 0.15) is 64.7 Å². The van der Waals surface area contributed by atoms with Crippen LogP contribution in [0.25, 0.3) is 0 Å². The first-order valence-electron chi connectivity index (χ1n) is 7.52. The normalized spacial score (nSPS) is 18.0. The number of carbonyl (C=O) groups is 1. The molecule has 1 atom stereocenters. The second kappa shape index (κ2) is 9.79. The van der Waals surface area contributed by atoms with Gasteiger partial charge in [0.25, 0.3) is 0 Å². The van der Waals surface area contributed by atoms with Crippen molar-refractivity contribution in [1.29, 1.82) is 0 Å². The van der Waals surface area contributed by atoms with Crippen molar-refractivity contribution < 1.29 is 14.6 Å². The number of hydrogen-bond acceptors (Lipinski definition) is 3. The molecule has 1 aliphatic rings. The van der Waals surface area contributed by atoms with E-state index in [1.807, 2.05) is 0 Å². The van der Waals surface area contributed by atoms with E-state index in [0.717, 1.165) is 12.8 Å². The molecule has 0 bridgehead atoms. The predicted molar refractivity (Wildman–Crippen MR) is 76.5 cm³/mol. The highest BCUT2D eigenvalue weighted by molar-refractivity contribution is 5.86. The SMILES string of the molecule is CCCCCCCCCC[C@H](O)C=C1C=CC(=O)O1. The van der Waals surface area contributed by atoms with Gasteiger partial charge >= 0.3 is 5.97 Å². The Morgan fingerprint density at radius 2 is 1.74 bits per heavy atom. The second-order valence-electron chi connectivity index (χ2n) is 5.15. The van der Waals surface area contributed by atoms with Crippen LogP contribution in [0.3, 0.4) is 0 Å². The van der Waals surface area contributed by atoms with Crippen molar-refractivity contribution in [2.45, 2.75) is 70.8 Å². The summed E-state index contributed by atoms with van der Waals surface area (Å²) in [6.45, 7) is 2.23. The van der Waals surface area contributed by atoms with Gasteiger partial charge in [0, 0.05) is 6.08 Å². The third kappa shape index (κ3) is 7.83. The summed E-state index contributed by atoms with van der Waals surface area (Å²) in [4.78, 5) is 10.8. The van der Waals surface area contributed by atoms with Crippen LogP contribution in [0, 0.1) is 0 Å². The van der Waals surface area contributed by atoms with Crippen molar-refractivity contribution >= 4 is 5.97 Å². The van der Waals surface area contributed by atoms with Crippen molar-refractivity contribution in [3.63, 3.8) is 0 Å². The second-order valence-corrected chi connectivity index (χ2v) is 5.15. The zero-order valence-corrected chi connectivity index (χ0v) is 11.9. The Balaban J connectivity index is 1.97. The summed E-state index contributed by atoms with van der Waals surface area (Å²) in [5, 5.41) is 9.77. The number of cyclic esters (lactones) is 1. The van der Waals surface area contributed by atoms with Gasteiger partial charge in [-0.05, 0) is 18.6 Å². The van der Waals surface area contributed by atoms with Gasteiger partial charge in [-0.15, -0.1) is 0 Å². The van der Waals surface area contributed by atoms with Gasteiger partial charge in [0.05, 0.1) is 6.10 Å². The third-order valence-corrected chi connectivity index (χ3v) is 3.31. The van der Waals surface area contributed by atoms with Crippen molar-refractivity contribution in [3.05, 3.63) is 24.0 Å². The molecule has 0 radical (unpaired) electrons. The molecule has 0 aromatic carbocycles. The molecule has 0 saturated heterocycles. The fraction of sp³-hybridized carbons (Fsp3) is 0.688. The van der Waals surface area contributed by atoms with Crippen LogP contribution in [0.5, 0.6) is 0 Å². The molecule has 0 unspecified atom stereocenters. The maximum Gasteiger partial charge on any atom is 0.336 e. The molecule has 0 aromatic heterocycles. The molecule has 3 heteroatoms. The molecule has 0 aliphatic carbocycles. The first-order valence-corrected chi connectivity index (χ1v) is 7.52. The van der Waals surface area contributed by atoms with Crippen LogP contribution in [0.4, 0.5) is 0 Å². The van der Waals surface area contributed by atoms with E-state index in [2.05, 4.69) is 6.92 Å². The predicted octanol–water partition coefficient (Wildman–Crippen LogP) is 3.88. The topological polar surface area (TPSA) is 46.5 Å². The van der Waals surface area contributed by atoms with E-state index in [-0.39, 0.29) is 5.97 Å². The summed E-state index contributed by atoms with van der Waals surface area (Å²) in [7, 11) is 0. The van der Waals surface area contributed by atoms with Crippen LogP contribution in [-0.4, -0.2) is 17.2 Å². The Labute approximate surface area is 116 Å². The van der Waals surface area contributed by atoms with E-state index < -0.39 is 6.10 Å². The summed E-state index contributed by atoms with van der Waals surface area (Å²) in [5.41, 5.74) is 0. The number of ether oxygens (including phenoxy) is 1. The minimum absolute atomic E-state index is 0.356. The molecule has 1 rings (SSSR count). The van der Waals surface area contributed by atoms with Gasteiger partial charge in [-0.25, -0.2) is 4.79 Å². The zero-order valence-electron chi connectivity index (χ0n) is 11.9. The third-order valence-electron chi connectivity index (χ3n) is 3.31. The van der Waals surface area contributed by atoms with Crippen LogP contribution < -0.4 is 0 Å². The Kier molecular flexibility index (Phi) is 8.23. The smallest absolute Gasteiger partial charge is 0.336 e. The first kappa shape index (κ1) is 16.0. The minimum Gasteiger partial charge on any atom is -0.424 e. The highest BCUT2D eigenvalue weighted by Gasteiger charge is 2.11. The van der Waals surface area contributed by atoms with Crippen molar-refractivity contribution in [1.82, 2.24) is 0 Å². The Bertz CT molecular complexity index is 318. The molecule has 19 heavy (non-hydrogen) atoms. The van der Waals surface area contributed by atoms with Crippen LogP contribution >= 0.6 is 0 Å². The fourth-order valence-electron chi connectivity index (χ4n) is 2.18. The number of aliphatic hydroxyl groups excluding tert-OH is 1. The van der Waals surface area contributed by atoms with Crippen molar-refractivity contribution in [3.8, 4) is 0 Å². The number of unbranched alkanes of at least 4 members (excludes halogenated alkanes) is 7. The van der Waals surface area contributed by atoms with E-state index in [4.69, 9.17) is 4.74 Å². The molecular weight excluding hydrogens is 240 g/mol. The maximum atomic E-state index is 10.8. The molecule has 0 aromatic rings. The number of hydrogen-bond donors (Lipinski definition) is 1. The van der Waals surface area contributed by atoms with E-state index in [1.54, 1.807) is 12.2 Å². The summed E-state index contributed by atoms with van der Waals surface area (Å²) in [6.07, 6.45) is 14.9. The number of allylic oxidation sites excluding steroid dienone is 1. The van der Waals surface area contributed by atoms with Crippen LogP contribution in [-0.2, 0) is 9.53 Å². The molecule has 0 saturated carbocycles. The van der Waals surface area contributed by atoms with Gasteiger partial charge < -0.3 is 9.84 Å². The Morgan fingerprint density at radius 1 is 1.11 bits per heavy atom. The van der Waals surface area contributed by atoms with Crippen molar-refractivity contribution in [2.75, 3.05) is 0 Å². The first-order chi connectivity index (χ1) is 9.22. The number of rotatable bonds is 10. The Hall–Kier alpha value is -1.09. The van der Waals surface area contributed by atoms with Gasteiger partial charge in [-0.3, -0.25) is 0 Å². The molecule has 1 heterocycles. The number of carbonyl (C=O) groups excluding carboxylic acids is 1. The lowest BCUT2D eigenvalue weighted by Gasteiger charge is -2.06. The van der Waals surface area contributed by atoms with Crippen LogP contribution in [0.2, 0.25) is 0 Å². The van der Waals surface area contributed by atoms with E-state index in [1.165, 1.54) is 51.0 Å². The minimum atomic E-state index is -0.509. The van der Waals surface area contributed by atoms with Crippen molar-refractivity contribution in [2.24, 2.45) is 0 Å². The lowest BCUT2D eigenvalue weighted by atomic mass is 10.1. The maximum absolute atomic E-state index is 10.8. The highest BCUT2D eigenvalue weighted by Crippen LogP contribution is 2.14. The fourth-order valence-corrected chi connectivity index (χ4v) is 2.18. The van der Waals surface area contributed by atoms with Gasteiger partial charge in [-0.1, -0.05) is 58.3 Å². The number of aliphatic hydroxyl groups is 1. The van der Waals surface area contributed by atoms with Gasteiger partial charge in [-0.2, -0.15) is 0 Å². The summed E-state index contributed by atoms with van der Waals surface area (Å²) in [5.74, 6) is 0.114. The van der Waals surface area contributed by atoms with E-state index in [9.17, 15) is 9.90 Å². The highest BCUT2D eigenvalue weighted by atomic mass is 16.5. The zero-order chi connectivity index (χ0) is 13.9. The lowest BCUT2D eigenvalue weighted by molar-refractivity contribution is -0.132. The molecule has 0 fully saturated rings. The summed E-state index contributed by atoms with van der Waals surface area (Å²) < 4.78 is 4.87. The van der Waals surface area contributed by atoms with Gasteiger partial charge in [0.2, 0.25) is 0 Å². The van der Waals surface area contributed by atoms with E-state index >= 15 is 0 Å². The average Bonchev–Trinajstić information content (AvgIpc) is 2.78. The molecule has 1 N–H and O–H groups in total. The summed E-state index contributed by atoms with van der Waals surface area (Å²) in [6, 6.07) is 0. The quantitative estimate of drug-likeness (QED) is 0.482. The molecule has 0 amide bonds. The van der Waals surface area contributed by atoms with Gasteiger partial charge in [0.15, 0.2) is 0 Å². The monoisotopic (exact) mass is 266 g/mol. The molecule has 1 aliphatic heterocycles. The molecule has 0 spiro atoms. The number of esters is 1. The molecule has 3 nitrogen and oxygen atoms in total. The van der Waals surface area contributed by atoms with Crippen LogP contribution in [0.15, 0.2) is 24.0 Å². The summed E-state index contributed by atoms with van der Waals surface area (Å²) >= 11 is 0. The van der Waals surface area contributed by atoms with E-state index in [0.29, 0.717) is 5.76 Å². The largest absolute Gasteiger partial charge is 0.424 e. The average molecular weight is 266 g/mol. The molecular formula is C16H26O3.